The highest BCUT2D eigenvalue weighted by Crippen LogP contribution is 1.90. The molecule has 0 heterocycles. The van der Waals surface area contributed by atoms with Crippen molar-refractivity contribution in [2.45, 2.75) is 25.4 Å². The summed E-state index contributed by atoms with van der Waals surface area (Å²) in [4.78, 5) is 32.6. The highest BCUT2D eigenvalue weighted by molar-refractivity contribution is 5.83. The zero-order valence-electron chi connectivity index (χ0n) is 9.73. The molecule has 0 aromatic rings. The molecule has 0 rings (SSSR count). The fraction of sp³-hybridized carbons (Fsp3) is 0.667. The lowest BCUT2D eigenvalue weighted by Gasteiger charge is -2.17. The number of carbonyl (C=O) groups is 3. The average Bonchev–Trinajstić information content (AvgIpc) is 2.14. The number of urea groups is 1. The second-order valence-electron chi connectivity index (χ2n) is 3.54. The first-order chi connectivity index (χ1) is 7.86. The molecule has 2 atom stereocenters. The van der Waals surface area contributed by atoms with Crippen LogP contribution in [-0.4, -0.2) is 48.8 Å². The van der Waals surface area contributed by atoms with Gasteiger partial charge in [0.1, 0.15) is 0 Å². The van der Waals surface area contributed by atoms with E-state index in [0.29, 0.717) is 0 Å². The number of rotatable bonds is 7. The Labute approximate surface area is 98.5 Å². The molecule has 0 saturated heterocycles. The Bertz CT molecular complexity index is 294. The van der Waals surface area contributed by atoms with Crippen LogP contribution in [0.4, 0.5) is 4.79 Å². The van der Waals surface area contributed by atoms with Crippen molar-refractivity contribution < 1.29 is 24.2 Å². The van der Waals surface area contributed by atoms with Crippen molar-refractivity contribution in [3.63, 3.8) is 0 Å². The molecule has 0 radical (unpaired) electrons. The Morgan fingerprint density at radius 2 is 1.94 bits per heavy atom. The lowest BCUT2D eigenvalue weighted by molar-refractivity contribution is -0.140. The number of amides is 3. The van der Waals surface area contributed by atoms with Crippen LogP contribution in [0.25, 0.3) is 0 Å². The molecule has 8 nitrogen and oxygen atoms in total. The standard InChI is InChI=1S/C9H17N3O5/c1-5(3-7(10)13)11-9(16)12-6(4-17-2)8(14)15/h5-6H,3-4H2,1-2H3,(H2,10,13)(H,14,15)(H2,11,12,16). The van der Waals surface area contributed by atoms with Gasteiger partial charge in [-0.1, -0.05) is 0 Å². The third-order valence-electron chi connectivity index (χ3n) is 1.82. The largest absolute Gasteiger partial charge is 0.480 e. The van der Waals surface area contributed by atoms with Gasteiger partial charge in [0.25, 0.3) is 0 Å². The number of nitrogens with one attached hydrogen (secondary N) is 2. The van der Waals surface area contributed by atoms with Crippen molar-refractivity contribution in [3.8, 4) is 0 Å². The molecule has 17 heavy (non-hydrogen) atoms. The van der Waals surface area contributed by atoms with E-state index in [1.165, 1.54) is 7.11 Å². The van der Waals surface area contributed by atoms with Gasteiger partial charge in [-0.15, -0.1) is 0 Å². The number of carbonyl (C=O) groups excluding carboxylic acids is 2. The van der Waals surface area contributed by atoms with Gasteiger partial charge in [0, 0.05) is 19.6 Å². The summed E-state index contributed by atoms with van der Waals surface area (Å²) >= 11 is 0. The Balaban J connectivity index is 4.14. The second kappa shape index (κ2) is 7.44. The molecule has 8 heteroatoms. The molecule has 0 aliphatic carbocycles. The van der Waals surface area contributed by atoms with Gasteiger partial charge in [-0.05, 0) is 6.92 Å². The molecule has 2 unspecified atom stereocenters. The van der Waals surface area contributed by atoms with E-state index in [2.05, 4.69) is 15.4 Å². The minimum absolute atomic E-state index is 0.0184. The molecule has 5 N–H and O–H groups in total. The van der Waals surface area contributed by atoms with Gasteiger partial charge in [0.15, 0.2) is 6.04 Å². The van der Waals surface area contributed by atoms with Crippen LogP contribution in [-0.2, 0) is 14.3 Å². The lowest BCUT2D eigenvalue weighted by atomic mass is 10.2. The van der Waals surface area contributed by atoms with Crippen LogP contribution in [0.2, 0.25) is 0 Å². The fourth-order valence-corrected chi connectivity index (χ4v) is 1.12. The van der Waals surface area contributed by atoms with Crippen molar-refractivity contribution in [1.82, 2.24) is 10.6 Å². The van der Waals surface area contributed by atoms with E-state index in [9.17, 15) is 14.4 Å². The summed E-state index contributed by atoms with van der Waals surface area (Å²) < 4.78 is 4.64. The first-order valence-corrected chi connectivity index (χ1v) is 4.94. The number of hydrogen-bond donors (Lipinski definition) is 4. The van der Waals surface area contributed by atoms with Gasteiger partial charge in [0.2, 0.25) is 5.91 Å². The Morgan fingerprint density at radius 1 is 1.35 bits per heavy atom. The monoisotopic (exact) mass is 247 g/mol. The molecule has 98 valence electrons. The molecule has 0 aromatic heterocycles. The van der Waals surface area contributed by atoms with Crippen molar-refractivity contribution in [2.24, 2.45) is 5.73 Å². The molecule has 0 aliphatic rings. The van der Waals surface area contributed by atoms with Crippen LogP contribution < -0.4 is 16.4 Å². The van der Waals surface area contributed by atoms with E-state index in [4.69, 9.17) is 10.8 Å². The molecule has 0 spiro atoms. The van der Waals surface area contributed by atoms with Crippen molar-refractivity contribution >= 4 is 17.9 Å². The zero-order valence-corrected chi connectivity index (χ0v) is 9.73. The molecule has 0 aromatic carbocycles. The SMILES string of the molecule is COCC(NC(=O)NC(C)CC(N)=O)C(=O)O. The highest BCUT2D eigenvalue weighted by Gasteiger charge is 2.20. The smallest absolute Gasteiger partial charge is 0.328 e. The maximum Gasteiger partial charge on any atom is 0.328 e. The molecular formula is C9H17N3O5. The van der Waals surface area contributed by atoms with E-state index in [1.807, 2.05) is 0 Å². The number of aliphatic carboxylic acids is 1. The fourth-order valence-electron chi connectivity index (χ4n) is 1.12. The molecular weight excluding hydrogens is 230 g/mol. The summed E-state index contributed by atoms with van der Waals surface area (Å²) in [6.45, 7) is 1.43. The third-order valence-corrected chi connectivity index (χ3v) is 1.82. The minimum atomic E-state index is -1.20. The van der Waals surface area contributed by atoms with E-state index < -0.39 is 30.0 Å². The number of carboxylic acid groups (broad SMARTS) is 1. The van der Waals surface area contributed by atoms with Crippen molar-refractivity contribution in [3.05, 3.63) is 0 Å². The number of nitrogens with two attached hydrogens (primary N) is 1. The predicted molar refractivity (Wildman–Crippen MR) is 58.2 cm³/mol. The zero-order chi connectivity index (χ0) is 13.4. The number of carboxylic acids is 1. The minimum Gasteiger partial charge on any atom is -0.480 e. The molecule has 3 amide bonds. The lowest BCUT2D eigenvalue weighted by Crippen LogP contribution is -2.50. The third kappa shape index (κ3) is 7.12. The van der Waals surface area contributed by atoms with Gasteiger partial charge in [-0.3, -0.25) is 4.79 Å². The normalized spacial score (nSPS) is 13.5. The summed E-state index contributed by atoms with van der Waals surface area (Å²) in [5.74, 6) is -1.76. The maximum absolute atomic E-state index is 11.3. The van der Waals surface area contributed by atoms with Crippen molar-refractivity contribution in [2.75, 3.05) is 13.7 Å². The van der Waals surface area contributed by atoms with E-state index in [0.717, 1.165) is 0 Å². The van der Waals surface area contributed by atoms with Crippen LogP contribution in [0.15, 0.2) is 0 Å². The van der Waals surface area contributed by atoms with Crippen LogP contribution in [0.5, 0.6) is 0 Å². The second-order valence-corrected chi connectivity index (χ2v) is 3.54. The first kappa shape index (κ1) is 15.2. The summed E-state index contributed by atoms with van der Waals surface area (Å²) in [5.41, 5.74) is 4.94. The average molecular weight is 247 g/mol. The molecule has 0 saturated carbocycles. The summed E-state index contributed by atoms with van der Waals surface area (Å²) in [6, 6.07) is -2.30. The van der Waals surface area contributed by atoms with Crippen molar-refractivity contribution in [1.29, 1.82) is 0 Å². The Kier molecular flexibility index (Phi) is 6.64. The highest BCUT2D eigenvalue weighted by atomic mass is 16.5. The molecule has 0 aliphatic heterocycles. The van der Waals surface area contributed by atoms with Gasteiger partial charge < -0.3 is 26.2 Å². The topological polar surface area (TPSA) is 131 Å². The maximum atomic E-state index is 11.3. The number of hydrogen-bond acceptors (Lipinski definition) is 4. The Hall–Kier alpha value is -1.83. The van der Waals surface area contributed by atoms with E-state index in [-0.39, 0.29) is 13.0 Å². The van der Waals surface area contributed by atoms with E-state index in [1.54, 1.807) is 6.92 Å². The predicted octanol–water partition coefficient (Wildman–Crippen LogP) is -1.35. The summed E-state index contributed by atoms with van der Waals surface area (Å²) in [7, 11) is 1.32. The first-order valence-electron chi connectivity index (χ1n) is 4.94. The van der Waals surface area contributed by atoms with Gasteiger partial charge in [-0.2, -0.15) is 0 Å². The number of primary amides is 1. The molecule has 0 fully saturated rings. The molecule has 0 bridgehead atoms. The van der Waals surface area contributed by atoms with Gasteiger partial charge in [0.05, 0.1) is 6.61 Å². The van der Waals surface area contributed by atoms with Crippen LogP contribution >= 0.6 is 0 Å². The number of ether oxygens (including phenoxy) is 1. The Morgan fingerprint density at radius 3 is 2.35 bits per heavy atom. The number of methoxy groups -OCH3 is 1. The summed E-state index contributed by atoms with van der Waals surface area (Å²) in [5, 5.41) is 13.3. The van der Waals surface area contributed by atoms with Crippen LogP contribution in [0.3, 0.4) is 0 Å². The van der Waals surface area contributed by atoms with Crippen LogP contribution in [0, 0.1) is 0 Å². The van der Waals surface area contributed by atoms with Gasteiger partial charge >= 0.3 is 12.0 Å². The quantitative estimate of drug-likeness (QED) is 0.441. The van der Waals surface area contributed by atoms with Gasteiger partial charge in [-0.25, -0.2) is 9.59 Å². The van der Waals surface area contributed by atoms with E-state index >= 15 is 0 Å². The van der Waals surface area contributed by atoms with Crippen LogP contribution in [0.1, 0.15) is 13.3 Å². The summed E-state index contributed by atoms with van der Waals surface area (Å²) in [6.07, 6.45) is -0.0184.